The number of carbonyl (C=O) groups excluding carboxylic acids is 1. The Kier molecular flexibility index (Phi) is 5.53. The zero-order valence-electron chi connectivity index (χ0n) is 11.8. The van der Waals surface area contributed by atoms with Gasteiger partial charge in [0.05, 0.1) is 25.5 Å². The molecule has 2 aromatic rings. The summed E-state index contributed by atoms with van der Waals surface area (Å²) in [6.45, 7) is 0. The third-order valence-electron chi connectivity index (χ3n) is 2.87. The van der Waals surface area contributed by atoms with Gasteiger partial charge in [-0.15, -0.1) is 11.8 Å². The normalized spacial score (nSPS) is 10.2. The molecule has 5 heteroatoms. The van der Waals surface area contributed by atoms with Crippen LogP contribution < -0.4 is 9.47 Å². The van der Waals surface area contributed by atoms with Gasteiger partial charge in [-0.2, -0.15) is 0 Å². The summed E-state index contributed by atoms with van der Waals surface area (Å²) in [5.41, 5.74) is 0.520. The van der Waals surface area contributed by atoms with E-state index in [1.165, 1.54) is 11.8 Å². The predicted molar refractivity (Wildman–Crippen MR) is 86.1 cm³/mol. The van der Waals surface area contributed by atoms with E-state index in [4.69, 9.17) is 21.1 Å². The lowest BCUT2D eigenvalue weighted by atomic mass is 10.1. The molecule has 110 valence electrons. The van der Waals surface area contributed by atoms with Crippen molar-refractivity contribution in [1.29, 1.82) is 0 Å². The molecule has 0 heterocycles. The standard InChI is InChI=1S/C16H15ClO3S/c1-19-12-6-7-16(20-2)14(9-12)15(18)10-21-13-5-3-4-11(17)8-13/h3-9H,10H2,1-2H3. The van der Waals surface area contributed by atoms with E-state index >= 15 is 0 Å². The molecule has 0 radical (unpaired) electrons. The molecule has 0 unspecified atom stereocenters. The lowest BCUT2D eigenvalue weighted by molar-refractivity contribution is 0.101. The SMILES string of the molecule is COc1ccc(OC)c(C(=O)CSc2cccc(Cl)c2)c1. The largest absolute Gasteiger partial charge is 0.497 e. The topological polar surface area (TPSA) is 35.5 Å². The van der Waals surface area contributed by atoms with Gasteiger partial charge in [0.25, 0.3) is 0 Å². The van der Waals surface area contributed by atoms with Gasteiger partial charge in [0.1, 0.15) is 11.5 Å². The monoisotopic (exact) mass is 322 g/mol. The summed E-state index contributed by atoms with van der Waals surface area (Å²) >= 11 is 7.37. The predicted octanol–water partition coefficient (Wildman–Crippen LogP) is 4.33. The Morgan fingerprint density at radius 3 is 2.62 bits per heavy atom. The van der Waals surface area contributed by atoms with E-state index in [9.17, 15) is 4.79 Å². The van der Waals surface area contributed by atoms with E-state index in [0.29, 0.717) is 27.8 Å². The van der Waals surface area contributed by atoms with Gasteiger partial charge in [-0.3, -0.25) is 4.79 Å². The molecule has 0 spiro atoms. The number of rotatable bonds is 6. The maximum absolute atomic E-state index is 12.4. The summed E-state index contributed by atoms with van der Waals surface area (Å²) in [6.07, 6.45) is 0. The van der Waals surface area contributed by atoms with E-state index in [1.54, 1.807) is 38.5 Å². The lowest BCUT2D eigenvalue weighted by Crippen LogP contribution is -2.05. The number of halogens is 1. The molecule has 0 saturated heterocycles. The van der Waals surface area contributed by atoms with Crippen LogP contribution in [-0.4, -0.2) is 25.8 Å². The van der Waals surface area contributed by atoms with Crippen molar-refractivity contribution in [3.8, 4) is 11.5 Å². The molecule has 2 aromatic carbocycles. The Morgan fingerprint density at radius 2 is 1.95 bits per heavy atom. The van der Waals surface area contributed by atoms with Gasteiger partial charge < -0.3 is 9.47 Å². The minimum absolute atomic E-state index is 0.0178. The fourth-order valence-corrected chi connectivity index (χ4v) is 2.91. The zero-order chi connectivity index (χ0) is 15.2. The molecule has 0 saturated carbocycles. The van der Waals surface area contributed by atoms with Crippen LogP contribution in [0.3, 0.4) is 0 Å². The minimum atomic E-state index is -0.0178. The Labute approximate surface area is 133 Å². The van der Waals surface area contributed by atoms with Crippen LogP contribution in [0.5, 0.6) is 11.5 Å². The maximum atomic E-state index is 12.4. The summed E-state index contributed by atoms with van der Waals surface area (Å²) in [4.78, 5) is 13.3. The van der Waals surface area contributed by atoms with Crippen molar-refractivity contribution in [2.45, 2.75) is 4.90 Å². The van der Waals surface area contributed by atoms with Crippen LogP contribution in [0.25, 0.3) is 0 Å². The van der Waals surface area contributed by atoms with Crippen molar-refractivity contribution in [2.75, 3.05) is 20.0 Å². The summed E-state index contributed by atoms with van der Waals surface area (Å²) < 4.78 is 10.4. The lowest BCUT2D eigenvalue weighted by Gasteiger charge is -2.09. The third-order valence-corrected chi connectivity index (χ3v) is 4.10. The van der Waals surface area contributed by atoms with Crippen molar-refractivity contribution in [3.05, 3.63) is 53.1 Å². The Hall–Kier alpha value is -1.65. The van der Waals surface area contributed by atoms with Gasteiger partial charge in [-0.1, -0.05) is 17.7 Å². The first kappa shape index (κ1) is 15.7. The molecule has 0 aliphatic heterocycles. The summed E-state index contributed by atoms with van der Waals surface area (Å²) in [7, 11) is 3.11. The summed E-state index contributed by atoms with van der Waals surface area (Å²) in [6, 6.07) is 12.6. The maximum Gasteiger partial charge on any atom is 0.176 e. The molecule has 0 aliphatic carbocycles. The van der Waals surface area contributed by atoms with Gasteiger partial charge in [0.2, 0.25) is 0 Å². The van der Waals surface area contributed by atoms with Crippen molar-refractivity contribution in [1.82, 2.24) is 0 Å². The van der Waals surface area contributed by atoms with Crippen LogP contribution in [0.2, 0.25) is 5.02 Å². The molecule has 2 rings (SSSR count). The second-order valence-corrected chi connectivity index (χ2v) is 5.72. The van der Waals surface area contributed by atoms with Crippen LogP contribution in [0.4, 0.5) is 0 Å². The number of benzene rings is 2. The molecule has 21 heavy (non-hydrogen) atoms. The molecule has 0 aromatic heterocycles. The second kappa shape index (κ2) is 7.38. The van der Waals surface area contributed by atoms with Crippen molar-refractivity contribution in [3.63, 3.8) is 0 Å². The average Bonchev–Trinajstić information content (AvgIpc) is 2.52. The molecule has 0 fully saturated rings. The first-order valence-electron chi connectivity index (χ1n) is 6.27. The van der Waals surface area contributed by atoms with Gasteiger partial charge in [0, 0.05) is 9.92 Å². The molecule has 0 amide bonds. The first-order chi connectivity index (χ1) is 10.1. The number of carbonyl (C=O) groups is 1. The van der Waals surface area contributed by atoms with Gasteiger partial charge in [-0.05, 0) is 36.4 Å². The van der Waals surface area contributed by atoms with E-state index in [-0.39, 0.29) is 5.78 Å². The van der Waals surface area contributed by atoms with E-state index in [2.05, 4.69) is 0 Å². The van der Waals surface area contributed by atoms with Crippen LogP contribution in [0.1, 0.15) is 10.4 Å². The zero-order valence-corrected chi connectivity index (χ0v) is 13.3. The fourth-order valence-electron chi connectivity index (χ4n) is 1.82. The van der Waals surface area contributed by atoms with Crippen molar-refractivity contribution in [2.24, 2.45) is 0 Å². The first-order valence-corrected chi connectivity index (χ1v) is 7.64. The number of ketones is 1. The second-order valence-electron chi connectivity index (χ2n) is 4.24. The summed E-state index contributed by atoms with van der Waals surface area (Å²) in [5, 5.41) is 0.659. The molecule has 3 nitrogen and oxygen atoms in total. The molecule has 0 atom stereocenters. The number of hydrogen-bond acceptors (Lipinski definition) is 4. The Balaban J connectivity index is 2.12. The minimum Gasteiger partial charge on any atom is -0.497 e. The van der Waals surface area contributed by atoms with Crippen LogP contribution >= 0.6 is 23.4 Å². The molecular weight excluding hydrogens is 308 g/mol. The number of ether oxygens (including phenoxy) is 2. The van der Waals surface area contributed by atoms with Crippen molar-refractivity contribution >= 4 is 29.1 Å². The Morgan fingerprint density at radius 1 is 1.14 bits per heavy atom. The van der Waals surface area contributed by atoms with Gasteiger partial charge in [0.15, 0.2) is 5.78 Å². The van der Waals surface area contributed by atoms with E-state index in [1.807, 2.05) is 18.2 Å². The molecule has 0 aliphatic rings. The highest BCUT2D eigenvalue weighted by Gasteiger charge is 2.14. The smallest absolute Gasteiger partial charge is 0.176 e. The van der Waals surface area contributed by atoms with Gasteiger partial charge >= 0.3 is 0 Å². The highest BCUT2D eigenvalue weighted by molar-refractivity contribution is 8.00. The average molecular weight is 323 g/mol. The molecular formula is C16H15ClO3S. The fraction of sp³-hybridized carbons (Fsp3) is 0.188. The number of hydrogen-bond donors (Lipinski definition) is 0. The number of thioether (sulfide) groups is 1. The van der Waals surface area contributed by atoms with Crippen LogP contribution in [0.15, 0.2) is 47.4 Å². The highest BCUT2D eigenvalue weighted by atomic mass is 35.5. The number of Topliss-reactive ketones (excluding diaryl/α,β-unsaturated/α-hetero) is 1. The molecule has 0 N–H and O–H groups in total. The van der Waals surface area contributed by atoms with E-state index in [0.717, 1.165) is 4.90 Å². The highest BCUT2D eigenvalue weighted by Crippen LogP contribution is 2.27. The summed E-state index contributed by atoms with van der Waals surface area (Å²) in [5.74, 6) is 1.47. The van der Waals surface area contributed by atoms with Crippen LogP contribution in [0, 0.1) is 0 Å². The number of methoxy groups -OCH3 is 2. The third kappa shape index (κ3) is 4.16. The van der Waals surface area contributed by atoms with Crippen LogP contribution in [-0.2, 0) is 0 Å². The Bertz CT molecular complexity index is 643. The van der Waals surface area contributed by atoms with Crippen molar-refractivity contribution < 1.29 is 14.3 Å². The van der Waals surface area contributed by atoms with E-state index < -0.39 is 0 Å². The molecule has 0 bridgehead atoms. The van der Waals surface area contributed by atoms with Gasteiger partial charge in [-0.25, -0.2) is 0 Å². The quantitative estimate of drug-likeness (QED) is 0.585.